The van der Waals surface area contributed by atoms with Crippen LogP contribution in [0.1, 0.15) is 27.2 Å². The van der Waals surface area contributed by atoms with Gasteiger partial charge in [-0.2, -0.15) is 0 Å². The van der Waals surface area contributed by atoms with Gasteiger partial charge in [0, 0.05) is 6.42 Å². The van der Waals surface area contributed by atoms with Crippen LogP contribution < -0.4 is 0 Å². The van der Waals surface area contributed by atoms with Gasteiger partial charge in [-0.25, -0.2) is 0 Å². The quantitative estimate of drug-likeness (QED) is 0.629. The van der Waals surface area contributed by atoms with Crippen molar-refractivity contribution in [2.24, 2.45) is 5.92 Å². The fraction of sp³-hybridized carbons (Fsp3) is 0.700. The van der Waals surface area contributed by atoms with Gasteiger partial charge in [0.25, 0.3) is 0 Å². The molecule has 0 aliphatic heterocycles. The molecule has 1 aliphatic carbocycles. The third-order valence-corrected chi connectivity index (χ3v) is 2.44. The Morgan fingerprint density at radius 2 is 2.15 bits per heavy atom. The summed E-state index contributed by atoms with van der Waals surface area (Å²) in [5.41, 5.74) is -0.672. The Bertz CT molecular complexity index is 251. The Morgan fingerprint density at radius 1 is 1.62 bits per heavy atom. The number of ketones is 1. The van der Waals surface area contributed by atoms with Crippen molar-refractivity contribution in [1.82, 2.24) is 0 Å². The number of carbonyl (C=O) groups is 1. The molecule has 0 aromatic carbocycles. The molecular formula is C10H16O3. The lowest BCUT2D eigenvalue weighted by Crippen LogP contribution is -2.44. The molecule has 1 aliphatic rings. The summed E-state index contributed by atoms with van der Waals surface area (Å²) in [6.07, 6.45) is 0.553. The third-order valence-electron chi connectivity index (χ3n) is 2.44. The standard InChI is InChI=1S/C10H16O3/c1-6(2)7-4-9(12)10(3,13)5-8(7)11/h4,6,9,12-13H,5H2,1-3H3. The highest BCUT2D eigenvalue weighted by molar-refractivity contribution is 5.97. The second kappa shape index (κ2) is 3.24. The van der Waals surface area contributed by atoms with Crippen LogP contribution in [0, 0.1) is 5.92 Å². The molecular weight excluding hydrogens is 168 g/mol. The highest BCUT2D eigenvalue weighted by Crippen LogP contribution is 2.28. The van der Waals surface area contributed by atoms with Gasteiger partial charge < -0.3 is 10.2 Å². The van der Waals surface area contributed by atoms with Gasteiger partial charge in [-0.05, 0) is 24.5 Å². The molecule has 74 valence electrons. The Hall–Kier alpha value is -0.670. The number of aliphatic hydroxyl groups is 2. The van der Waals surface area contributed by atoms with Crippen LogP contribution in [-0.4, -0.2) is 27.7 Å². The van der Waals surface area contributed by atoms with Gasteiger partial charge in [0.15, 0.2) is 5.78 Å². The van der Waals surface area contributed by atoms with Gasteiger partial charge in [-0.3, -0.25) is 4.79 Å². The molecule has 0 aromatic rings. The molecule has 0 saturated heterocycles. The second-order valence-electron chi connectivity index (χ2n) is 4.18. The van der Waals surface area contributed by atoms with E-state index in [9.17, 15) is 15.0 Å². The average molecular weight is 184 g/mol. The van der Waals surface area contributed by atoms with E-state index in [0.717, 1.165) is 0 Å². The first-order valence-corrected chi connectivity index (χ1v) is 4.50. The number of rotatable bonds is 1. The Morgan fingerprint density at radius 3 is 2.62 bits per heavy atom. The lowest BCUT2D eigenvalue weighted by atomic mass is 9.80. The van der Waals surface area contributed by atoms with E-state index < -0.39 is 11.7 Å². The summed E-state index contributed by atoms with van der Waals surface area (Å²) in [4.78, 5) is 11.5. The first-order valence-electron chi connectivity index (χ1n) is 4.50. The maximum absolute atomic E-state index is 11.5. The van der Waals surface area contributed by atoms with Gasteiger partial charge in [0.1, 0.15) is 6.10 Å². The molecule has 1 rings (SSSR count). The minimum atomic E-state index is -1.30. The SMILES string of the molecule is CC(C)C1=CC(O)C(C)(O)CC1=O. The topological polar surface area (TPSA) is 57.5 Å². The summed E-state index contributed by atoms with van der Waals surface area (Å²) in [7, 11) is 0. The molecule has 0 saturated carbocycles. The van der Waals surface area contributed by atoms with Crippen LogP contribution in [0.4, 0.5) is 0 Å². The van der Waals surface area contributed by atoms with E-state index in [1.165, 1.54) is 13.0 Å². The van der Waals surface area contributed by atoms with Gasteiger partial charge >= 0.3 is 0 Å². The van der Waals surface area contributed by atoms with E-state index in [-0.39, 0.29) is 18.1 Å². The van der Waals surface area contributed by atoms with Crippen LogP contribution in [-0.2, 0) is 4.79 Å². The summed E-state index contributed by atoms with van der Waals surface area (Å²) in [6.45, 7) is 5.27. The summed E-state index contributed by atoms with van der Waals surface area (Å²) in [6, 6.07) is 0. The summed E-state index contributed by atoms with van der Waals surface area (Å²) in [5.74, 6) is 0.0450. The van der Waals surface area contributed by atoms with Crippen molar-refractivity contribution in [2.45, 2.75) is 38.9 Å². The molecule has 2 N–H and O–H groups in total. The molecule has 0 bridgehead atoms. The van der Waals surface area contributed by atoms with Crippen LogP contribution in [0.5, 0.6) is 0 Å². The van der Waals surface area contributed by atoms with Gasteiger partial charge in [-0.1, -0.05) is 13.8 Å². The Balaban J connectivity index is 2.97. The maximum Gasteiger partial charge on any atom is 0.161 e. The fourth-order valence-electron chi connectivity index (χ4n) is 1.49. The molecule has 13 heavy (non-hydrogen) atoms. The molecule has 2 atom stereocenters. The maximum atomic E-state index is 11.5. The van der Waals surface area contributed by atoms with E-state index in [1.54, 1.807) is 0 Å². The average Bonchev–Trinajstić information content (AvgIpc) is 1.95. The largest absolute Gasteiger partial charge is 0.387 e. The fourth-order valence-corrected chi connectivity index (χ4v) is 1.49. The van der Waals surface area contributed by atoms with Crippen molar-refractivity contribution in [1.29, 1.82) is 0 Å². The monoisotopic (exact) mass is 184 g/mol. The zero-order chi connectivity index (χ0) is 10.2. The van der Waals surface area contributed by atoms with E-state index in [1.807, 2.05) is 13.8 Å². The minimum absolute atomic E-state index is 0.0121. The second-order valence-corrected chi connectivity index (χ2v) is 4.18. The van der Waals surface area contributed by atoms with Crippen molar-refractivity contribution in [3.8, 4) is 0 Å². The normalized spacial score (nSPS) is 35.1. The molecule has 0 radical (unpaired) electrons. The van der Waals surface area contributed by atoms with Crippen LogP contribution in [0.25, 0.3) is 0 Å². The Kier molecular flexibility index (Phi) is 2.59. The minimum Gasteiger partial charge on any atom is -0.387 e. The van der Waals surface area contributed by atoms with Crippen molar-refractivity contribution in [2.75, 3.05) is 0 Å². The number of aliphatic hydroxyl groups excluding tert-OH is 1. The highest BCUT2D eigenvalue weighted by Gasteiger charge is 2.37. The van der Waals surface area contributed by atoms with Crippen LogP contribution in [0.3, 0.4) is 0 Å². The van der Waals surface area contributed by atoms with Gasteiger partial charge in [0.2, 0.25) is 0 Å². The zero-order valence-corrected chi connectivity index (χ0v) is 8.24. The molecule has 3 nitrogen and oxygen atoms in total. The van der Waals surface area contributed by atoms with Gasteiger partial charge in [-0.15, -0.1) is 0 Å². The number of carbonyl (C=O) groups excluding carboxylic acids is 1. The zero-order valence-electron chi connectivity index (χ0n) is 8.24. The van der Waals surface area contributed by atoms with Crippen molar-refractivity contribution in [3.05, 3.63) is 11.6 Å². The third kappa shape index (κ3) is 1.98. The van der Waals surface area contributed by atoms with E-state index >= 15 is 0 Å². The molecule has 0 amide bonds. The molecule has 0 aromatic heterocycles. The lowest BCUT2D eigenvalue weighted by molar-refractivity contribution is -0.126. The molecule has 2 unspecified atom stereocenters. The van der Waals surface area contributed by atoms with E-state index in [4.69, 9.17) is 0 Å². The van der Waals surface area contributed by atoms with Crippen molar-refractivity contribution >= 4 is 5.78 Å². The van der Waals surface area contributed by atoms with E-state index in [0.29, 0.717) is 5.57 Å². The summed E-state index contributed by atoms with van der Waals surface area (Å²) < 4.78 is 0. The highest BCUT2D eigenvalue weighted by atomic mass is 16.3. The molecule has 0 fully saturated rings. The van der Waals surface area contributed by atoms with E-state index in [2.05, 4.69) is 0 Å². The molecule has 0 spiro atoms. The first-order chi connectivity index (χ1) is 5.84. The first kappa shape index (κ1) is 10.4. The van der Waals surface area contributed by atoms with Crippen LogP contribution in [0.2, 0.25) is 0 Å². The number of allylic oxidation sites excluding steroid dienone is 1. The molecule has 0 heterocycles. The summed E-state index contributed by atoms with van der Waals surface area (Å²) in [5, 5.41) is 19.1. The van der Waals surface area contributed by atoms with Crippen molar-refractivity contribution < 1.29 is 15.0 Å². The number of hydrogen-bond acceptors (Lipinski definition) is 3. The Labute approximate surface area is 78.1 Å². The predicted octanol–water partition coefficient (Wildman–Crippen LogP) is 0.653. The van der Waals surface area contributed by atoms with Crippen molar-refractivity contribution in [3.63, 3.8) is 0 Å². The van der Waals surface area contributed by atoms with Crippen LogP contribution >= 0.6 is 0 Å². The van der Waals surface area contributed by atoms with Crippen LogP contribution in [0.15, 0.2) is 11.6 Å². The predicted molar refractivity (Wildman–Crippen MR) is 49.2 cm³/mol. The van der Waals surface area contributed by atoms with Gasteiger partial charge in [0.05, 0.1) is 5.60 Å². The summed E-state index contributed by atoms with van der Waals surface area (Å²) >= 11 is 0. The lowest BCUT2D eigenvalue weighted by Gasteiger charge is -2.32. The molecule has 3 heteroatoms. The smallest absolute Gasteiger partial charge is 0.161 e. The number of Topliss-reactive ketones (excluding diaryl/α,β-unsaturated/α-hetero) is 1. The number of hydrogen-bond donors (Lipinski definition) is 2.